The van der Waals surface area contributed by atoms with Crippen LogP contribution in [0.3, 0.4) is 0 Å². The van der Waals surface area contributed by atoms with Crippen LogP contribution >= 0.6 is 7.82 Å². The van der Waals surface area contributed by atoms with Gasteiger partial charge in [-0.15, -0.1) is 0 Å². The third-order valence-electron chi connectivity index (χ3n) is 1.86. The van der Waals surface area contributed by atoms with E-state index in [1.165, 1.54) is 0 Å². The summed E-state index contributed by atoms with van der Waals surface area (Å²) < 4.78 is 15.3. The highest BCUT2D eigenvalue weighted by molar-refractivity contribution is 7.46. The van der Waals surface area contributed by atoms with Gasteiger partial charge in [0.2, 0.25) is 0 Å². The summed E-state index contributed by atoms with van der Waals surface area (Å²) in [5.41, 5.74) is -0.828. The molecule has 0 aromatic carbocycles. The van der Waals surface area contributed by atoms with E-state index in [1.807, 2.05) is 13.8 Å². The van der Waals surface area contributed by atoms with Crippen molar-refractivity contribution in [2.45, 2.75) is 33.3 Å². The van der Waals surface area contributed by atoms with Gasteiger partial charge in [0.1, 0.15) is 0 Å². The maximum Gasteiger partial charge on any atom is 0.470 e. The number of phosphoric ester groups is 1. The van der Waals surface area contributed by atoms with Crippen molar-refractivity contribution in [3.8, 4) is 0 Å². The Morgan fingerprint density at radius 3 is 2.00 bits per heavy atom. The molecule has 0 unspecified atom stereocenters. The molecule has 86 valence electrons. The van der Waals surface area contributed by atoms with E-state index >= 15 is 0 Å². The van der Waals surface area contributed by atoms with Crippen LogP contribution in [0, 0.1) is 0 Å². The van der Waals surface area contributed by atoms with E-state index in [1.54, 1.807) is 13.8 Å². The topological polar surface area (TPSA) is 70.0 Å². The number of phosphoric acid groups is 1. The molecule has 0 aliphatic carbocycles. The molecule has 0 aliphatic heterocycles. The Morgan fingerprint density at radius 1 is 1.29 bits per heavy atom. The first-order valence-corrected chi connectivity index (χ1v) is 6.22. The summed E-state index contributed by atoms with van der Waals surface area (Å²) in [5, 5.41) is 0. The van der Waals surface area contributed by atoms with Crippen LogP contribution in [-0.2, 0) is 9.09 Å². The molecule has 0 bridgehead atoms. The molecule has 2 N–H and O–H groups in total. The lowest BCUT2D eigenvalue weighted by Gasteiger charge is -2.31. The average Bonchev–Trinajstić information content (AvgIpc) is 1.95. The smallest absolute Gasteiger partial charge is 0.303 e. The van der Waals surface area contributed by atoms with Crippen molar-refractivity contribution in [3.63, 3.8) is 0 Å². The lowest BCUT2D eigenvalue weighted by molar-refractivity contribution is 0.0335. The average molecular weight is 225 g/mol. The quantitative estimate of drug-likeness (QED) is 0.665. The monoisotopic (exact) mass is 225 g/mol. The van der Waals surface area contributed by atoms with E-state index in [0.717, 1.165) is 13.1 Å². The zero-order chi connectivity index (χ0) is 11.4. The number of rotatable bonds is 6. The molecule has 0 heterocycles. The van der Waals surface area contributed by atoms with E-state index in [0.29, 0.717) is 6.54 Å². The molecule has 0 fully saturated rings. The molecular weight excluding hydrogens is 205 g/mol. The van der Waals surface area contributed by atoms with Crippen LogP contribution in [0.1, 0.15) is 27.7 Å². The van der Waals surface area contributed by atoms with Crippen molar-refractivity contribution in [1.29, 1.82) is 0 Å². The molecular formula is C8H20NO4P. The lowest BCUT2D eigenvalue weighted by atomic mass is 10.1. The molecule has 0 aliphatic rings. The highest BCUT2D eigenvalue weighted by Gasteiger charge is 2.30. The maximum atomic E-state index is 10.7. The highest BCUT2D eigenvalue weighted by atomic mass is 31.2. The molecule has 0 atom stereocenters. The predicted molar refractivity (Wildman–Crippen MR) is 55.0 cm³/mol. The Kier molecular flexibility index (Phi) is 5.26. The van der Waals surface area contributed by atoms with Gasteiger partial charge in [-0.05, 0) is 26.9 Å². The van der Waals surface area contributed by atoms with E-state index in [-0.39, 0.29) is 0 Å². The molecule has 0 amide bonds. The Morgan fingerprint density at radius 2 is 1.71 bits per heavy atom. The van der Waals surface area contributed by atoms with Gasteiger partial charge in [-0.2, -0.15) is 0 Å². The van der Waals surface area contributed by atoms with Gasteiger partial charge >= 0.3 is 7.82 Å². The number of hydrogen-bond donors (Lipinski definition) is 2. The van der Waals surface area contributed by atoms with Crippen LogP contribution in [-0.4, -0.2) is 39.9 Å². The van der Waals surface area contributed by atoms with Crippen molar-refractivity contribution >= 4 is 7.82 Å². The maximum absolute atomic E-state index is 10.7. The minimum Gasteiger partial charge on any atom is -0.303 e. The molecule has 0 radical (unpaired) electrons. The van der Waals surface area contributed by atoms with Gasteiger partial charge in [-0.1, -0.05) is 13.8 Å². The van der Waals surface area contributed by atoms with E-state index in [9.17, 15) is 4.57 Å². The third-order valence-corrected chi connectivity index (χ3v) is 2.60. The molecule has 0 rings (SSSR count). The summed E-state index contributed by atoms with van der Waals surface area (Å²) in [6, 6.07) is 0. The van der Waals surface area contributed by atoms with Crippen LogP contribution < -0.4 is 0 Å². The summed E-state index contributed by atoms with van der Waals surface area (Å²) >= 11 is 0. The first kappa shape index (κ1) is 14.1. The van der Waals surface area contributed by atoms with Gasteiger partial charge < -0.3 is 14.7 Å². The molecule has 0 saturated carbocycles. The van der Waals surface area contributed by atoms with E-state index in [2.05, 4.69) is 9.42 Å². The summed E-state index contributed by atoms with van der Waals surface area (Å²) in [4.78, 5) is 19.4. The molecule has 0 aromatic heterocycles. The number of likely N-dealkylation sites (N-methyl/N-ethyl adjacent to an activating group) is 1. The van der Waals surface area contributed by atoms with Crippen LogP contribution in [0.2, 0.25) is 0 Å². The standard InChI is InChI=1S/C8H20NO4P/c1-5-9(6-2)7-8(3,4)13-14(10,11)12/h5-7H2,1-4H3,(H2,10,11,12). The molecule has 0 spiro atoms. The van der Waals surface area contributed by atoms with Crippen LogP contribution in [0.25, 0.3) is 0 Å². The summed E-state index contributed by atoms with van der Waals surface area (Å²) in [6.07, 6.45) is 0. The fourth-order valence-corrected chi connectivity index (χ4v) is 2.04. The highest BCUT2D eigenvalue weighted by Crippen LogP contribution is 2.41. The Labute approximate surface area is 85.3 Å². The Bertz CT molecular complexity index is 209. The minimum absolute atomic E-state index is 0.505. The summed E-state index contributed by atoms with van der Waals surface area (Å²) in [6.45, 7) is 9.52. The molecule has 0 saturated heterocycles. The number of nitrogens with zero attached hydrogens (tertiary/aromatic N) is 1. The second-order valence-electron chi connectivity index (χ2n) is 3.80. The first-order valence-electron chi connectivity index (χ1n) is 4.69. The first-order chi connectivity index (χ1) is 6.20. The summed E-state index contributed by atoms with van der Waals surface area (Å²) in [7, 11) is -4.39. The van der Waals surface area contributed by atoms with Crippen molar-refractivity contribution in [1.82, 2.24) is 4.90 Å². The zero-order valence-corrected chi connectivity index (χ0v) is 10.1. The van der Waals surface area contributed by atoms with Crippen molar-refractivity contribution in [2.75, 3.05) is 19.6 Å². The molecule has 5 nitrogen and oxygen atoms in total. The van der Waals surface area contributed by atoms with Gasteiger partial charge in [-0.3, -0.25) is 4.52 Å². The van der Waals surface area contributed by atoms with E-state index < -0.39 is 13.4 Å². The second-order valence-corrected chi connectivity index (χ2v) is 4.97. The summed E-state index contributed by atoms with van der Waals surface area (Å²) in [5.74, 6) is 0. The Balaban J connectivity index is 4.25. The largest absolute Gasteiger partial charge is 0.470 e. The van der Waals surface area contributed by atoms with Crippen molar-refractivity contribution < 1.29 is 18.9 Å². The van der Waals surface area contributed by atoms with Crippen molar-refractivity contribution in [2.24, 2.45) is 0 Å². The van der Waals surface area contributed by atoms with Gasteiger partial charge in [0.25, 0.3) is 0 Å². The lowest BCUT2D eigenvalue weighted by Crippen LogP contribution is -2.40. The molecule has 14 heavy (non-hydrogen) atoms. The normalized spacial score (nSPS) is 13.6. The SMILES string of the molecule is CCN(CC)CC(C)(C)OP(=O)(O)O. The van der Waals surface area contributed by atoms with Crippen LogP contribution in [0.15, 0.2) is 0 Å². The van der Waals surface area contributed by atoms with Gasteiger partial charge in [0, 0.05) is 6.54 Å². The second kappa shape index (κ2) is 5.24. The van der Waals surface area contributed by atoms with Crippen molar-refractivity contribution in [3.05, 3.63) is 0 Å². The fraction of sp³-hybridized carbons (Fsp3) is 1.00. The van der Waals surface area contributed by atoms with Crippen LogP contribution in [0.5, 0.6) is 0 Å². The zero-order valence-electron chi connectivity index (χ0n) is 9.23. The fourth-order valence-electron chi connectivity index (χ4n) is 1.34. The van der Waals surface area contributed by atoms with Gasteiger partial charge in [0.15, 0.2) is 0 Å². The number of hydrogen-bond acceptors (Lipinski definition) is 3. The van der Waals surface area contributed by atoms with E-state index in [4.69, 9.17) is 9.79 Å². The molecule has 6 heteroatoms. The predicted octanol–water partition coefficient (Wildman–Crippen LogP) is 1.22. The van der Waals surface area contributed by atoms with Gasteiger partial charge in [-0.25, -0.2) is 4.57 Å². The minimum atomic E-state index is -4.39. The van der Waals surface area contributed by atoms with Gasteiger partial charge in [0.05, 0.1) is 5.60 Å². The Hall–Kier alpha value is 0.0700. The molecule has 0 aromatic rings. The van der Waals surface area contributed by atoms with Crippen LogP contribution in [0.4, 0.5) is 0 Å². The third kappa shape index (κ3) is 6.51.